The summed E-state index contributed by atoms with van der Waals surface area (Å²) in [5.41, 5.74) is 8.59. The number of pyridine rings is 1. The molecule has 0 aliphatic carbocycles. The van der Waals surface area contributed by atoms with Crippen LogP contribution in [0.1, 0.15) is 27.9 Å². The first-order chi connectivity index (χ1) is 14.6. The van der Waals surface area contributed by atoms with Gasteiger partial charge in [-0.2, -0.15) is 5.26 Å². The van der Waals surface area contributed by atoms with E-state index < -0.39 is 0 Å². The number of aromatic nitrogens is 1. The summed E-state index contributed by atoms with van der Waals surface area (Å²) in [7, 11) is 1.56. The van der Waals surface area contributed by atoms with Gasteiger partial charge in [0, 0.05) is 24.7 Å². The fourth-order valence-electron chi connectivity index (χ4n) is 3.03. The molecular weight excluding hydrogens is 402 g/mol. The highest BCUT2D eigenvalue weighted by atomic mass is 35.5. The van der Waals surface area contributed by atoms with Crippen LogP contribution in [0.3, 0.4) is 0 Å². The summed E-state index contributed by atoms with van der Waals surface area (Å²) in [5.74, 6) is 0.337. The summed E-state index contributed by atoms with van der Waals surface area (Å²) in [4.78, 5) is 17.1. The molecular formula is C22H22ClN5O2. The van der Waals surface area contributed by atoms with Crippen molar-refractivity contribution in [3.8, 4) is 11.8 Å². The average molecular weight is 424 g/mol. The second-order valence-corrected chi connectivity index (χ2v) is 7.02. The number of nitrogens with zero attached hydrogens (tertiary/aromatic N) is 2. The molecule has 3 rings (SSSR count). The number of halogens is 1. The van der Waals surface area contributed by atoms with E-state index in [0.717, 1.165) is 5.56 Å². The van der Waals surface area contributed by atoms with Gasteiger partial charge in [-0.1, -0.05) is 17.7 Å². The predicted molar refractivity (Wildman–Crippen MR) is 118 cm³/mol. The van der Waals surface area contributed by atoms with Crippen LogP contribution in [0, 0.1) is 11.3 Å². The Morgan fingerprint density at radius 1 is 1.30 bits per heavy atom. The standard InChI is InChI=1S/C22H22ClN5O2/c1-30-20-6-4-15(10-18(20)23)12-28-21-16-9-14(11-25)3-5-19(16)27-13-17(21)22(29)26-8-2-7-24/h3-6,9-10,13H,2,7-8,12,24H2,1H3,(H,26,29)(H,27,28). The van der Waals surface area contributed by atoms with Crippen LogP contribution >= 0.6 is 11.6 Å². The van der Waals surface area contributed by atoms with E-state index in [2.05, 4.69) is 21.7 Å². The maximum atomic E-state index is 12.8. The summed E-state index contributed by atoms with van der Waals surface area (Å²) < 4.78 is 5.19. The van der Waals surface area contributed by atoms with E-state index in [1.54, 1.807) is 37.4 Å². The van der Waals surface area contributed by atoms with E-state index in [9.17, 15) is 10.1 Å². The lowest BCUT2D eigenvalue weighted by Gasteiger charge is -2.15. The highest BCUT2D eigenvalue weighted by Gasteiger charge is 2.16. The largest absolute Gasteiger partial charge is 0.495 e. The van der Waals surface area contributed by atoms with Crippen molar-refractivity contribution in [2.24, 2.45) is 5.73 Å². The second-order valence-electron chi connectivity index (χ2n) is 6.61. The number of nitrogens with two attached hydrogens (primary N) is 1. The van der Waals surface area contributed by atoms with Gasteiger partial charge < -0.3 is 21.1 Å². The highest BCUT2D eigenvalue weighted by Crippen LogP contribution is 2.29. The molecule has 3 aromatic rings. The van der Waals surface area contributed by atoms with Gasteiger partial charge in [0.05, 0.1) is 40.5 Å². The van der Waals surface area contributed by atoms with Gasteiger partial charge in [-0.05, 0) is 48.9 Å². The molecule has 0 aliphatic rings. The molecule has 4 N–H and O–H groups in total. The minimum Gasteiger partial charge on any atom is -0.495 e. The molecule has 30 heavy (non-hydrogen) atoms. The van der Waals surface area contributed by atoms with Crippen LogP contribution in [-0.2, 0) is 6.54 Å². The molecule has 0 fully saturated rings. The van der Waals surface area contributed by atoms with Crippen molar-refractivity contribution >= 4 is 34.1 Å². The molecule has 0 saturated carbocycles. The number of ether oxygens (including phenoxy) is 1. The first-order valence-electron chi connectivity index (χ1n) is 9.44. The van der Waals surface area contributed by atoms with Gasteiger partial charge in [0.15, 0.2) is 0 Å². The Hall–Kier alpha value is -3.34. The second kappa shape index (κ2) is 9.92. The lowest BCUT2D eigenvalue weighted by Crippen LogP contribution is -2.27. The molecule has 0 bridgehead atoms. The number of nitrogens with one attached hydrogen (secondary N) is 2. The maximum Gasteiger partial charge on any atom is 0.254 e. The summed E-state index contributed by atoms with van der Waals surface area (Å²) in [5, 5.41) is 16.7. The fraction of sp³-hybridized carbons (Fsp3) is 0.227. The number of amides is 1. The minimum atomic E-state index is -0.254. The van der Waals surface area contributed by atoms with E-state index in [4.69, 9.17) is 22.1 Å². The van der Waals surface area contributed by atoms with Crippen LogP contribution in [0.25, 0.3) is 10.9 Å². The first-order valence-corrected chi connectivity index (χ1v) is 9.82. The number of nitriles is 1. The molecule has 0 unspecified atom stereocenters. The molecule has 0 aliphatic heterocycles. The van der Waals surface area contributed by atoms with Gasteiger partial charge in [-0.25, -0.2) is 0 Å². The van der Waals surface area contributed by atoms with E-state index in [0.29, 0.717) is 64.5 Å². The summed E-state index contributed by atoms with van der Waals surface area (Å²) in [6.07, 6.45) is 2.22. The SMILES string of the molecule is COc1ccc(CNc2c(C(=O)NCCCN)cnc3ccc(C#N)cc23)cc1Cl. The number of hydrogen-bond acceptors (Lipinski definition) is 6. The topological polar surface area (TPSA) is 113 Å². The van der Waals surface area contributed by atoms with Crippen LogP contribution in [0.2, 0.25) is 5.02 Å². The summed E-state index contributed by atoms with van der Waals surface area (Å²) in [6, 6.07) is 12.8. The van der Waals surface area contributed by atoms with E-state index in [1.807, 2.05) is 6.07 Å². The van der Waals surface area contributed by atoms with Crippen molar-refractivity contribution < 1.29 is 9.53 Å². The van der Waals surface area contributed by atoms with Crippen molar-refractivity contribution in [3.05, 3.63) is 64.3 Å². The number of rotatable bonds is 8. The third-order valence-corrected chi connectivity index (χ3v) is 4.89. The number of methoxy groups -OCH3 is 1. The number of benzene rings is 2. The molecule has 0 spiro atoms. The number of carbonyl (C=O) groups is 1. The Labute approximate surface area is 179 Å². The molecule has 0 atom stereocenters. The monoisotopic (exact) mass is 423 g/mol. The molecule has 0 saturated heterocycles. The van der Waals surface area contributed by atoms with Crippen LogP contribution in [0.5, 0.6) is 5.75 Å². The molecule has 1 aromatic heterocycles. The predicted octanol–water partition coefficient (Wildman–Crippen LogP) is 3.46. The van der Waals surface area contributed by atoms with Gasteiger partial charge in [0.1, 0.15) is 5.75 Å². The zero-order chi connectivity index (χ0) is 21.5. The van der Waals surface area contributed by atoms with Crippen LogP contribution < -0.4 is 21.1 Å². The van der Waals surface area contributed by atoms with Gasteiger partial charge in [-0.15, -0.1) is 0 Å². The first kappa shape index (κ1) is 21.4. The van der Waals surface area contributed by atoms with Gasteiger partial charge in [0.2, 0.25) is 0 Å². The summed E-state index contributed by atoms with van der Waals surface area (Å²) in [6.45, 7) is 1.38. The van der Waals surface area contributed by atoms with Crippen LogP contribution in [0.4, 0.5) is 5.69 Å². The van der Waals surface area contributed by atoms with E-state index in [-0.39, 0.29) is 5.91 Å². The van der Waals surface area contributed by atoms with Crippen molar-refractivity contribution in [1.29, 1.82) is 5.26 Å². The normalized spacial score (nSPS) is 10.5. The summed E-state index contributed by atoms with van der Waals surface area (Å²) >= 11 is 6.23. The van der Waals surface area contributed by atoms with Gasteiger partial charge in [-0.3, -0.25) is 9.78 Å². The third kappa shape index (κ3) is 4.79. The number of anilines is 1. The van der Waals surface area contributed by atoms with Crippen molar-refractivity contribution in [2.75, 3.05) is 25.5 Å². The quantitative estimate of drug-likeness (QED) is 0.478. The fourth-order valence-corrected chi connectivity index (χ4v) is 3.31. The van der Waals surface area contributed by atoms with E-state index in [1.165, 1.54) is 6.20 Å². The van der Waals surface area contributed by atoms with Gasteiger partial charge in [0.25, 0.3) is 5.91 Å². The van der Waals surface area contributed by atoms with Crippen molar-refractivity contribution in [3.63, 3.8) is 0 Å². The molecule has 1 heterocycles. The molecule has 154 valence electrons. The Kier molecular flexibility index (Phi) is 7.07. The highest BCUT2D eigenvalue weighted by molar-refractivity contribution is 6.32. The lowest BCUT2D eigenvalue weighted by atomic mass is 10.1. The van der Waals surface area contributed by atoms with Gasteiger partial charge >= 0.3 is 0 Å². The molecule has 8 heteroatoms. The zero-order valence-corrected chi connectivity index (χ0v) is 17.3. The molecule has 1 amide bonds. The smallest absolute Gasteiger partial charge is 0.254 e. The van der Waals surface area contributed by atoms with Crippen molar-refractivity contribution in [1.82, 2.24) is 10.3 Å². The number of fused-ring (bicyclic) bond motifs is 1. The Morgan fingerprint density at radius 3 is 2.83 bits per heavy atom. The Bertz CT molecular complexity index is 1110. The average Bonchev–Trinajstić information content (AvgIpc) is 2.77. The van der Waals surface area contributed by atoms with Crippen molar-refractivity contribution in [2.45, 2.75) is 13.0 Å². The molecule has 7 nitrogen and oxygen atoms in total. The Balaban J connectivity index is 1.98. The Morgan fingerprint density at radius 2 is 2.13 bits per heavy atom. The van der Waals surface area contributed by atoms with Crippen LogP contribution in [0.15, 0.2) is 42.6 Å². The maximum absolute atomic E-state index is 12.8. The number of carbonyl (C=O) groups excluding carboxylic acids is 1. The number of hydrogen-bond donors (Lipinski definition) is 3. The minimum absolute atomic E-state index is 0.254. The zero-order valence-electron chi connectivity index (χ0n) is 16.5. The van der Waals surface area contributed by atoms with E-state index >= 15 is 0 Å². The third-order valence-electron chi connectivity index (χ3n) is 4.59. The molecule has 0 radical (unpaired) electrons. The molecule has 2 aromatic carbocycles. The van der Waals surface area contributed by atoms with Crippen LogP contribution in [-0.4, -0.2) is 31.1 Å². The lowest BCUT2D eigenvalue weighted by molar-refractivity contribution is 0.0954.